The van der Waals surface area contributed by atoms with Gasteiger partial charge in [0.15, 0.2) is 0 Å². The van der Waals surface area contributed by atoms with Crippen molar-refractivity contribution in [2.45, 2.75) is 24.8 Å². The summed E-state index contributed by atoms with van der Waals surface area (Å²) in [4.78, 5) is 0.00966. The minimum absolute atomic E-state index is 0.00966. The van der Waals surface area contributed by atoms with E-state index in [0.29, 0.717) is 34.1 Å². The van der Waals surface area contributed by atoms with E-state index in [1.807, 2.05) is 0 Å². The molecule has 1 atom stereocenters. The number of aryl methyl sites for hydroxylation is 1. The number of hydrogen-bond donors (Lipinski definition) is 0. The van der Waals surface area contributed by atoms with Gasteiger partial charge in [0.05, 0.1) is 38.0 Å². The Bertz CT molecular complexity index is 1210. The van der Waals surface area contributed by atoms with Crippen LogP contribution in [0.5, 0.6) is 17.2 Å². The third kappa shape index (κ3) is 4.50. The molecule has 170 valence electrons. The Hall–Kier alpha value is -3.26. The Kier molecular flexibility index (Phi) is 6.93. The van der Waals surface area contributed by atoms with Crippen molar-refractivity contribution < 1.29 is 27.0 Å². The first-order chi connectivity index (χ1) is 15.2. The standard InChI is InChI=1S/C24H26FNO5S/c1-16-13-18(25)9-12-24(16)32(27,28)26(19-7-6-8-20(14-19)29-3)17(2)22-15-21(30-4)10-11-23(22)31-5/h6-15,17H,1-5H3. The predicted molar refractivity (Wildman–Crippen MR) is 122 cm³/mol. The molecule has 1 unspecified atom stereocenters. The molecule has 0 aliphatic rings. The highest BCUT2D eigenvalue weighted by Crippen LogP contribution is 2.39. The van der Waals surface area contributed by atoms with Crippen LogP contribution in [-0.4, -0.2) is 29.7 Å². The highest BCUT2D eigenvalue weighted by molar-refractivity contribution is 7.92. The lowest BCUT2D eigenvalue weighted by molar-refractivity contribution is 0.396. The van der Waals surface area contributed by atoms with Gasteiger partial charge in [-0.1, -0.05) is 6.07 Å². The van der Waals surface area contributed by atoms with E-state index in [1.165, 1.54) is 37.8 Å². The predicted octanol–water partition coefficient (Wildman–Crippen LogP) is 5.12. The van der Waals surface area contributed by atoms with Gasteiger partial charge in [-0.25, -0.2) is 12.8 Å². The molecule has 0 aliphatic heterocycles. The first kappa shape index (κ1) is 23.4. The van der Waals surface area contributed by atoms with Gasteiger partial charge >= 0.3 is 0 Å². The summed E-state index contributed by atoms with van der Waals surface area (Å²) in [7, 11) is 0.464. The van der Waals surface area contributed by atoms with Crippen LogP contribution >= 0.6 is 0 Å². The van der Waals surface area contributed by atoms with E-state index in [4.69, 9.17) is 14.2 Å². The van der Waals surface area contributed by atoms with Gasteiger partial charge in [0.1, 0.15) is 23.1 Å². The van der Waals surface area contributed by atoms with Crippen LogP contribution in [0.15, 0.2) is 65.6 Å². The molecule has 6 nitrogen and oxygen atoms in total. The number of anilines is 1. The fraction of sp³-hybridized carbons (Fsp3) is 0.250. The second-order valence-corrected chi connectivity index (χ2v) is 8.98. The van der Waals surface area contributed by atoms with Crippen LogP contribution < -0.4 is 18.5 Å². The van der Waals surface area contributed by atoms with Crippen LogP contribution in [0.2, 0.25) is 0 Å². The molecule has 0 aliphatic carbocycles. The van der Waals surface area contributed by atoms with Crippen LogP contribution in [-0.2, 0) is 10.0 Å². The number of halogens is 1. The zero-order valence-corrected chi connectivity index (χ0v) is 19.4. The molecule has 0 N–H and O–H groups in total. The van der Waals surface area contributed by atoms with E-state index in [-0.39, 0.29) is 4.90 Å². The number of hydrogen-bond acceptors (Lipinski definition) is 5. The van der Waals surface area contributed by atoms with Crippen LogP contribution in [0.25, 0.3) is 0 Å². The van der Waals surface area contributed by atoms with Crippen molar-refractivity contribution in [1.29, 1.82) is 0 Å². The van der Waals surface area contributed by atoms with Crippen molar-refractivity contribution in [3.8, 4) is 17.2 Å². The minimum atomic E-state index is -4.10. The monoisotopic (exact) mass is 459 g/mol. The summed E-state index contributed by atoms with van der Waals surface area (Å²) in [5.74, 6) is 1.08. The number of nitrogens with zero attached hydrogens (tertiary/aromatic N) is 1. The number of rotatable bonds is 8. The van der Waals surface area contributed by atoms with Gasteiger partial charge in [0.2, 0.25) is 0 Å². The SMILES string of the molecule is COc1cccc(N(C(C)c2cc(OC)ccc2OC)S(=O)(=O)c2ccc(F)cc2C)c1. The first-order valence-corrected chi connectivity index (χ1v) is 11.3. The van der Waals surface area contributed by atoms with Crippen molar-refractivity contribution in [2.75, 3.05) is 25.6 Å². The summed E-state index contributed by atoms with van der Waals surface area (Å²) in [5.41, 5.74) is 1.31. The van der Waals surface area contributed by atoms with Crippen LogP contribution in [0.3, 0.4) is 0 Å². The van der Waals surface area contributed by atoms with Gasteiger partial charge in [0, 0.05) is 11.6 Å². The number of methoxy groups -OCH3 is 3. The van der Waals surface area contributed by atoms with E-state index in [1.54, 1.807) is 56.3 Å². The third-order valence-corrected chi connectivity index (χ3v) is 7.28. The molecule has 0 amide bonds. The maximum absolute atomic E-state index is 13.9. The van der Waals surface area contributed by atoms with E-state index < -0.39 is 21.9 Å². The zero-order valence-electron chi connectivity index (χ0n) is 18.6. The molecule has 0 heterocycles. The molecule has 3 aromatic carbocycles. The molecule has 0 saturated heterocycles. The molecule has 0 spiro atoms. The van der Waals surface area contributed by atoms with Crippen LogP contribution in [0.1, 0.15) is 24.1 Å². The summed E-state index contributed by atoms with van der Waals surface area (Å²) < 4.78 is 59.0. The lowest BCUT2D eigenvalue weighted by Gasteiger charge is -2.32. The van der Waals surface area contributed by atoms with Crippen LogP contribution in [0.4, 0.5) is 10.1 Å². The molecule has 0 bridgehead atoms. The smallest absolute Gasteiger partial charge is 0.265 e. The van der Waals surface area contributed by atoms with Gasteiger partial charge < -0.3 is 14.2 Å². The average molecular weight is 460 g/mol. The summed E-state index contributed by atoms with van der Waals surface area (Å²) in [6.45, 7) is 3.32. The lowest BCUT2D eigenvalue weighted by atomic mass is 10.1. The molecule has 0 saturated carbocycles. The van der Waals surface area contributed by atoms with E-state index in [9.17, 15) is 12.8 Å². The molecule has 3 rings (SSSR count). The highest BCUT2D eigenvalue weighted by Gasteiger charge is 2.33. The van der Waals surface area contributed by atoms with Gasteiger partial charge in [-0.15, -0.1) is 0 Å². The van der Waals surface area contributed by atoms with E-state index in [0.717, 1.165) is 6.07 Å². The van der Waals surface area contributed by atoms with Crippen molar-refractivity contribution in [3.63, 3.8) is 0 Å². The summed E-state index contributed by atoms with van der Waals surface area (Å²) in [5, 5.41) is 0. The molecule has 8 heteroatoms. The molecular formula is C24H26FNO5S. The Morgan fingerprint density at radius 1 is 0.875 bits per heavy atom. The van der Waals surface area contributed by atoms with E-state index >= 15 is 0 Å². The van der Waals surface area contributed by atoms with Crippen LogP contribution in [0, 0.1) is 12.7 Å². The normalized spacial score (nSPS) is 12.2. The second kappa shape index (κ2) is 9.48. The number of benzene rings is 3. The summed E-state index contributed by atoms with van der Waals surface area (Å²) >= 11 is 0. The fourth-order valence-corrected chi connectivity index (χ4v) is 5.46. The Labute approximate surface area is 188 Å². The van der Waals surface area contributed by atoms with E-state index in [2.05, 4.69) is 0 Å². The molecule has 0 fully saturated rings. The topological polar surface area (TPSA) is 65.1 Å². The van der Waals surface area contributed by atoms with Gasteiger partial charge in [-0.3, -0.25) is 4.31 Å². The highest BCUT2D eigenvalue weighted by atomic mass is 32.2. The van der Waals surface area contributed by atoms with Gasteiger partial charge in [-0.05, 0) is 67.9 Å². The average Bonchev–Trinajstić information content (AvgIpc) is 2.78. The molecule has 0 radical (unpaired) electrons. The fourth-order valence-electron chi connectivity index (χ4n) is 3.62. The Morgan fingerprint density at radius 3 is 2.19 bits per heavy atom. The summed E-state index contributed by atoms with van der Waals surface area (Å²) in [6.07, 6.45) is 0. The maximum atomic E-state index is 13.9. The second-order valence-electron chi connectivity index (χ2n) is 7.20. The van der Waals surface area contributed by atoms with Crippen molar-refractivity contribution in [1.82, 2.24) is 0 Å². The van der Waals surface area contributed by atoms with Gasteiger partial charge in [0.25, 0.3) is 10.0 Å². The molecular weight excluding hydrogens is 433 g/mol. The maximum Gasteiger partial charge on any atom is 0.265 e. The largest absolute Gasteiger partial charge is 0.497 e. The Morgan fingerprint density at radius 2 is 1.56 bits per heavy atom. The molecule has 3 aromatic rings. The molecule has 0 aromatic heterocycles. The van der Waals surface area contributed by atoms with Crippen molar-refractivity contribution in [3.05, 3.63) is 77.6 Å². The van der Waals surface area contributed by atoms with Gasteiger partial charge in [-0.2, -0.15) is 0 Å². The number of sulfonamides is 1. The van der Waals surface area contributed by atoms with Crippen molar-refractivity contribution >= 4 is 15.7 Å². The third-order valence-electron chi connectivity index (χ3n) is 5.22. The summed E-state index contributed by atoms with van der Waals surface area (Å²) in [6, 6.07) is 14.9. The molecule has 32 heavy (non-hydrogen) atoms. The lowest BCUT2D eigenvalue weighted by Crippen LogP contribution is -2.34. The quantitative estimate of drug-likeness (QED) is 0.468. The Balaban J connectivity index is 2.26. The minimum Gasteiger partial charge on any atom is -0.497 e. The number of ether oxygens (including phenoxy) is 3. The zero-order chi connectivity index (χ0) is 23.5. The first-order valence-electron chi connectivity index (χ1n) is 9.89. The van der Waals surface area contributed by atoms with Crippen molar-refractivity contribution in [2.24, 2.45) is 0 Å².